The molecule has 0 aliphatic carbocycles. The van der Waals surface area contributed by atoms with Crippen molar-refractivity contribution in [1.29, 1.82) is 0 Å². The Balaban J connectivity index is 1.73. The number of hydrogen-bond acceptors (Lipinski definition) is 5. The van der Waals surface area contributed by atoms with Crippen molar-refractivity contribution in [3.05, 3.63) is 28.5 Å². The largest absolute Gasteiger partial charge is 0.387 e. The van der Waals surface area contributed by atoms with Crippen molar-refractivity contribution in [2.24, 2.45) is 0 Å². The average molecular weight is 310 g/mol. The molecule has 1 aromatic heterocycles. The maximum atomic E-state index is 11.7. The topological polar surface area (TPSA) is 61.8 Å². The molecule has 0 spiro atoms. The van der Waals surface area contributed by atoms with Crippen LogP contribution in [-0.4, -0.2) is 60.9 Å². The number of carbonyl (C=O) groups excluding carboxylic acids is 1. The van der Waals surface area contributed by atoms with Gasteiger partial charge in [0.25, 0.3) is 0 Å². The van der Waals surface area contributed by atoms with Crippen LogP contribution in [0.1, 0.15) is 11.8 Å². The van der Waals surface area contributed by atoms with Crippen LogP contribution in [0.4, 0.5) is 0 Å². The molecule has 2 N–H and O–H groups in total. The number of nitrogens with one attached hydrogen (secondary N) is 1. The molecule has 2 heterocycles. The molecule has 1 amide bonds. The van der Waals surface area contributed by atoms with E-state index in [1.807, 2.05) is 17.5 Å². The van der Waals surface area contributed by atoms with Crippen molar-refractivity contribution in [3.63, 3.8) is 0 Å². The summed E-state index contributed by atoms with van der Waals surface area (Å²) in [6, 6.07) is 3.89. The third-order valence-electron chi connectivity index (χ3n) is 3.25. The van der Waals surface area contributed by atoms with E-state index in [9.17, 15) is 9.90 Å². The molecule has 1 unspecified atom stereocenters. The zero-order chi connectivity index (χ0) is 15.1. The molecule has 0 bridgehead atoms. The van der Waals surface area contributed by atoms with Gasteiger partial charge in [-0.05, 0) is 24.4 Å². The molecule has 0 radical (unpaired) electrons. The van der Waals surface area contributed by atoms with Crippen LogP contribution in [0.3, 0.4) is 0 Å². The summed E-state index contributed by atoms with van der Waals surface area (Å²) in [5.74, 6) is -0.189. The van der Waals surface area contributed by atoms with E-state index in [2.05, 4.69) is 10.2 Å². The lowest BCUT2D eigenvalue weighted by Crippen LogP contribution is -2.51. The van der Waals surface area contributed by atoms with Gasteiger partial charge in [-0.15, -0.1) is 11.3 Å². The maximum absolute atomic E-state index is 11.7. The van der Waals surface area contributed by atoms with Crippen LogP contribution >= 0.6 is 11.3 Å². The molecule has 116 valence electrons. The summed E-state index contributed by atoms with van der Waals surface area (Å²) in [5, 5.41) is 15.1. The first-order chi connectivity index (χ1) is 10.1. The predicted molar refractivity (Wildman–Crippen MR) is 84.2 cm³/mol. The highest BCUT2D eigenvalue weighted by Gasteiger charge is 2.25. The van der Waals surface area contributed by atoms with Crippen molar-refractivity contribution < 1.29 is 14.6 Å². The second-order valence-corrected chi connectivity index (χ2v) is 6.43. The maximum Gasteiger partial charge on any atom is 0.244 e. The van der Waals surface area contributed by atoms with Gasteiger partial charge in [-0.25, -0.2) is 0 Å². The van der Waals surface area contributed by atoms with Gasteiger partial charge < -0.3 is 15.2 Å². The number of carbonyl (C=O) groups is 1. The van der Waals surface area contributed by atoms with Crippen molar-refractivity contribution >= 4 is 23.3 Å². The van der Waals surface area contributed by atoms with Crippen molar-refractivity contribution in [2.45, 2.75) is 12.5 Å². The van der Waals surface area contributed by atoms with E-state index in [1.165, 1.54) is 6.08 Å². The van der Waals surface area contributed by atoms with Crippen LogP contribution in [0.2, 0.25) is 0 Å². The zero-order valence-electron chi connectivity index (χ0n) is 12.2. The van der Waals surface area contributed by atoms with Gasteiger partial charge in [-0.1, -0.05) is 6.07 Å². The number of ether oxygens (including phenoxy) is 1. The van der Waals surface area contributed by atoms with Gasteiger partial charge in [0.2, 0.25) is 5.91 Å². The van der Waals surface area contributed by atoms with E-state index in [-0.39, 0.29) is 12.5 Å². The van der Waals surface area contributed by atoms with Gasteiger partial charge in [0.05, 0.1) is 18.8 Å². The number of thiophene rings is 1. The van der Waals surface area contributed by atoms with Gasteiger partial charge in [0.15, 0.2) is 0 Å². The third kappa shape index (κ3) is 5.97. The lowest BCUT2D eigenvalue weighted by Gasteiger charge is -2.33. The van der Waals surface area contributed by atoms with Crippen molar-refractivity contribution in [1.82, 2.24) is 10.2 Å². The van der Waals surface area contributed by atoms with Crippen LogP contribution in [0.5, 0.6) is 0 Å². The number of morpholine rings is 1. The van der Waals surface area contributed by atoms with E-state index in [0.29, 0.717) is 19.8 Å². The normalized spacial score (nSPS) is 19.5. The highest BCUT2D eigenvalue weighted by atomic mass is 32.1. The first-order valence-corrected chi connectivity index (χ1v) is 7.95. The molecule has 5 nitrogen and oxygen atoms in total. The summed E-state index contributed by atoms with van der Waals surface area (Å²) in [5.41, 5.74) is -0.941. The molecule has 1 atom stereocenters. The van der Waals surface area contributed by atoms with Crippen LogP contribution in [-0.2, 0) is 9.53 Å². The second-order valence-electron chi connectivity index (χ2n) is 5.45. The van der Waals surface area contributed by atoms with E-state index in [0.717, 1.165) is 18.0 Å². The third-order valence-corrected chi connectivity index (χ3v) is 4.09. The molecule has 1 aliphatic rings. The number of aliphatic hydroxyl groups is 1. The van der Waals surface area contributed by atoms with Gasteiger partial charge in [-0.2, -0.15) is 0 Å². The van der Waals surface area contributed by atoms with E-state index in [4.69, 9.17) is 4.74 Å². The van der Waals surface area contributed by atoms with Gasteiger partial charge in [0, 0.05) is 37.1 Å². The molecular weight excluding hydrogens is 288 g/mol. The molecular formula is C15H22N2O3S. The summed E-state index contributed by atoms with van der Waals surface area (Å²) in [7, 11) is 0. The molecule has 21 heavy (non-hydrogen) atoms. The fourth-order valence-electron chi connectivity index (χ4n) is 2.18. The minimum atomic E-state index is -0.941. The van der Waals surface area contributed by atoms with Crippen LogP contribution < -0.4 is 5.32 Å². The Hall–Kier alpha value is -1.21. The molecule has 1 fully saturated rings. The summed E-state index contributed by atoms with van der Waals surface area (Å²) in [6.07, 6.45) is 3.27. The summed E-state index contributed by atoms with van der Waals surface area (Å²) in [4.78, 5) is 14.9. The summed E-state index contributed by atoms with van der Waals surface area (Å²) in [6.45, 7) is 5.55. The highest BCUT2D eigenvalue weighted by Crippen LogP contribution is 2.10. The Morgan fingerprint density at radius 2 is 2.33 bits per heavy atom. The zero-order valence-corrected chi connectivity index (χ0v) is 13.1. The Morgan fingerprint density at radius 3 is 3.00 bits per heavy atom. The number of rotatable bonds is 6. The molecule has 1 aliphatic heterocycles. The lowest BCUT2D eigenvalue weighted by atomic mass is 10.1. The second kappa shape index (κ2) is 7.70. The molecule has 0 aromatic carbocycles. The molecule has 1 aromatic rings. The summed E-state index contributed by atoms with van der Waals surface area (Å²) < 4.78 is 5.28. The Bertz CT molecular complexity index is 465. The fraction of sp³-hybridized carbons (Fsp3) is 0.533. The minimum absolute atomic E-state index is 0.189. The first kappa shape index (κ1) is 16.2. The van der Waals surface area contributed by atoms with E-state index in [1.54, 1.807) is 24.3 Å². The first-order valence-electron chi connectivity index (χ1n) is 7.07. The van der Waals surface area contributed by atoms with Crippen molar-refractivity contribution in [2.75, 3.05) is 39.4 Å². The Kier molecular flexibility index (Phi) is 5.93. The van der Waals surface area contributed by atoms with Crippen molar-refractivity contribution in [3.8, 4) is 0 Å². The van der Waals surface area contributed by atoms with Gasteiger partial charge in [-0.3, -0.25) is 9.69 Å². The number of hydrogen-bond donors (Lipinski definition) is 2. The van der Waals surface area contributed by atoms with Crippen LogP contribution in [0, 0.1) is 0 Å². The monoisotopic (exact) mass is 310 g/mol. The van der Waals surface area contributed by atoms with Gasteiger partial charge >= 0.3 is 0 Å². The number of amides is 1. The SMILES string of the molecule is CC(O)(CNC(=O)C=Cc1cccs1)CN1CCOCC1. The van der Waals surface area contributed by atoms with Crippen LogP contribution in [0.25, 0.3) is 6.08 Å². The minimum Gasteiger partial charge on any atom is -0.387 e. The predicted octanol–water partition coefficient (Wildman–Crippen LogP) is 0.961. The van der Waals surface area contributed by atoms with E-state index >= 15 is 0 Å². The lowest BCUT2D eigenvalue weighted by molar-refractivity contribution is -0.117. The highest BCUT2D eigenvalue weighted by molar-refractivity contribution is 7.10. The Morgan fingerprint density at radius 1 is 1.57 bits per heavy atom. The van der Waals surface area contributed by atoms with E-state index < -0.39 is 5.60 Å². The molecule has 6 heteroatoms. The fourth-order valence-corrected chi connectivity index (χ4v) is 2.80. The molecule has 1 saturated heterocycles. The summed E-state index contributed by atoms with van der Waals surface area (Å²) >= 11 is 1.58. The number of β-amino-alcohol motifs (C(OH)–C–C–N with tert-alkyl or cyclic N) is 1. The molecule has 0 saturated carbocycles. The Labute approximate surface area is 129 Å². The van der Waals surface area contributed by atoms with Gasteiger partial charge in [0.1, 0.15) is 0 Å². The smallest absolute Gasteiger partial charge is 0.244 e. The molecule has 2 rings (SSSR count). The number of nitrogens with zero attached hydrogens (tertiary/aromatic N) is 1. The van der Waals surface area contributed by atoms with Crippen LogP contribution in [0.15, 0.2) is 23.6 Å². The standard InChI is InChI=1S/C15H22N2O3S/c1-15(19,12-17-6-8-20-9-7-17)11-16-14(18)5-4-13-3-2-10-21-13/h2-5,10,19H,6-9,11-12H2,1H3,(H,16,18). The quantitative estimate of drug-likeness (QED) is 0.768. The average Bonchev–Trinajstić information content (AvgIpc) is 2.97.